The summed E-state index contributed by atoms with van der Waals surface area (Å²) in [4.78, 5) is 14.8. The minimum absolute atomic E-state index is 0.102. The SMILES string of the molecule is CC(CC1CC1)N1C(=O)C2(CC2)NC1c1ccc(F)cc1. The summed E-state index contributed by atoms with van der Waals surface area (Å²) in [5.41, 5.74) is 0.660. The van der Waals surface area contributed by atoms with Gasteiger partial charge in [0.15, 0.2) is 0 Å². The third-order valence-electron chi connectivity index (χ3n) is 5.12. The van der Waals surface area contributed by atoms with Gasteiger partial charge in [-0.15, -0.1) is 0 Å². The van der Waals surface area contributed by atoms with Crippen molar-refractivity contribution in [1.82, 2.24) is 10.2 Å². The molecule has 3 fully saturated rings. The van der Waals surface area contributed by atoms with Gasteiger partial charge in [-0.2, -0.15) is 0 Å². The van der Waals surface area contributed by atoms with Crippen molar-refractivity contribution in [2.45, 2.75) is 56.8 Å². The number of hydrogen-bond donors (Lipinski definition) is 1. The highest BCUT2D eigenvalue weighted by Gasteiger charge is 2.60. The van der Waals surface area contributed by atoms with Gasteiger partial charge in [0.1, 0.15) is 17.5 Å². The zero-order valence-electron chi connectivity index (χ0n) is 12.3. The standard InChI is InChI=1S/C17H21FN2O/c1-11(10-12-2-3-12)20-15(13-4-6-14(18)7-5-13)19-17(8-9-17)16(20)21/h4-7,11-12,15,19H,2-3,8-10H2,1H3. The minimum Gasteiger partial charge on any atom is -0.319 e. The summed E-state index contributed by atoms with van der Waals surface area (Å²) in [6, 6.07) is 6.77. The maximum Gasteiger partial charge on any atom is 0.244 e. The van der Waals surface area contributed by atoms with E-state index >= 15 is 0 Å². The second-order valence-electron chi connectivity index (χ2n) is 6.92. The van der Waals surface area contributed by atoms with E-state index in [-0.39, 0.29) is 29.5 Å². The Balaban J connectivity index is 1.62. The van der Waals surface area contributed by atoms with Crippen molar-refractivity contribution >= 4 is 5.91 Å². The van der Waals surface area contributed by atoms with E-state index in [2.05, 4.69) is 12.2 Å². The summed E-state index contributed by atoms with van der Waals surface area (Å²) < 4.78 is 13.1. The smallest absolute Gasteiger partial charge is 0.244 e. The van der Waals surface area contributed by atoms with E-state index in [1.807, 2.05) is 4.90 Å². The average Bonchev–Trinajstić information content (AvgIpc) is 3.35. The fraction of sp³-hybridized carbons (Fsp3) is 0.588. The highest BCUT2D eigenvalue weighted by atomic mass is 19.1. The Bertz CT molecular complexity index is 563. The van der Waals surface area contributed by atoms with Gasteiger partial charge >= 0.3 is 0 Å². The number of halogens is 1. The molecule has 4 rings (SSSR count). The molecule has 1 N–H and O–H groups in total. The van der Waals surface area contributed by atoms with Crippen LogP contribution in [0.2, 0.25) is 0 Å². The highest BCUT2D eigenvalue weighted by Crippen LogP contribution is 2.48. The lowest BCUT2D eigenvalue weighted by Gasteiger charge is -2.30. The molecule has 4 heteroatoms. The average molecular weight is 288 g/mol. The summed E-state index contributed by atoms with van der Waals surface area (Å²) >= 11 is 0. The van der Waals surface area contributed by atoms with Gasteiger partial charge in [0.2, 0.25) is 5.91 Å². The number of amides is 1. The molecule has 2 atom stereocenters. The largest absolute Gasteiger partial charge is 0.319 e. The molecule has 0 bridgehead atoms. The van der Waals surface area contributed by atoms with E-state index in [0.717, 1.165) is 30.7 Å². The first-order valence-electron chi connectivity index (χ1n) is 7.95. The van der Waals surface area contributed by atoms with Crippen LogP contribution in [0.3, 0.4) is 0 Å². The number of nitrogens with zero attached hydrogens (tertiary/aromatic N) is 1. The van der Waals surface area contributed by atoms with E-state index in [1.54, 1.807) is 12.1 Å². The lowest BCUT2D eigenvalue weighted by atomic mass is 10.1. The second kappa shape index (κ2) is 4.54. The molecule has 1 aromatic carbocycles. The molecule has 1 aromatic rings. The second-order valence-corrected chi connectivity index (χ2v) is 6.92. The Morgan fingerprint density at radius 1 is 1.33 bits per heavy atom. The fourth-order valence-corrected chi connectivity index (χ4v) is 3.53. The van der Waals surface area contributed by atoms with Crippen molar-refractivity contribution in [2.75, 3.05) is 0 Å². The molecule has 0 radical (unpaired) electrons. The Morgan fingerprint density at radius 3 is 2.57 bits per heavy atom. The monoisotopic (exact) mass is 288 g/mol. The zero-order chi connectivity index (χ0) is 14.6. The van der Waals surface area contributed by atoms with Gasteiger partial charge in [0.25, 0.3) is 0 Å². The van der Waals surface area contributed by atoms with Crippen molar-refractivity contribution < 1.29 is 9.18 Å². The number of carbonyl (C=O) groups is 1. The van der Waals surface area contributed by atoms with Crippen LogP contribution in [0.15, 0.2) is 24.3 Å². The molecule has 112 valence electrons. The molecule has 1 aliphatic heterocycles. The van der Waals surface area contributed by atoms with Gasteiger partial charge in [-0.05, 0) is 49.8 Å². The predicted octanol–water partition coefficient (Wildman–Crippen LogP) is 2.98. The maximum absolute atomic E-state index is 13.1. The molecule has 2 aliphatic carbocycles. The molecule has 2 unspecified atom stereocenters. The van der Waals surface area contributed by atoms with Gasteiger partial charge in [-0.1, -0.05) is 25.0 Å². The van der Waals surface area contributed by atoms with Crippen molar-refractivity contribution in [1.29, 1.82) is 0 Å². The van der Waals surface area contributed by atoms with E-state index in [4.69, 9.17) is 0 Å². The highest BCUT2D eigenvalue weighted by molar-refractivity contribution is 5.92. The molecule has 1 amide bonds. The Kier molecular flexibility index (Phi) is 2.86. The Labute approximate surface area is 124 Å². The van der Waals surface area contributed by atoms with Crippen LogP contribution in [0.1, 0.15) is 50.8 Å². The topological polar surface area (TPSA) is 32.3 Å². The van der Waals surface area contributed by atoms with Crippen molar-refractivity contribution in [2.24, 2.45) is 5.92 Å². The number of carbonyl (C=O) groups excluding carboxylic acids is 1. The first kappa shape index (κ1) is 13.3. The predicted molar refractivity (Wildman–Crippen MR) is 77.9 cm³/mol. The first-order chi connectivity index (χ1) is 10.1. The van der Waals surface area contributed by atoms with E-state index < -0.39 is 0 Å². The van der Waals surface area contributed by atoms with Gasteiger partial charge in [0, 0.05) is 6.04 Å². The van der Waals surface area contributed by atoms with Crippen molar-refractivity contribution in [3.8, 4) is 0 Å². The number of hydrogen-bond acceptors (Lipinski definition) is 2. The van der Waals surface area contributed by atoms with E-state index in [9.17, 15) is 9.18 Å². The quantitative estimate of drug-likeness (QED) is 0.924. The van der Waals surface area contributed by atoms with Crippen LogP contribution in [0.25, 0.3) is 0 Å². The number of nitrogens with one attached hydrogen (secondary N) is 1. The third kappa shape index (κ3) is 2.26. The summed E-state index contributed by atoms with van der Waals surface area (Å²) in [6.07, 6.45) is 5.43. The van der Waals surface area contributed by atoms with Crippen LogP contribution in [0, 0.1) is 11.7 Å². The Hall–Kier alpha value is -1.42. The lowest BCUT2D eigenvalue weighted by molar-refractivity contribution is -0.133. The zero-order valence-corrected chi connectivity index (χ0v) is 12.3. The molecule has 3 aliphatic rings. The van der Waals surface area contributed by atoms with Gasteiger partial charge < -0.3 is 4.90 Å². The van der Waals surface area contributed by atoms with Gasteiger partial charge in [0.05, 0.1) is 0 Å². The van der Waals surface area contributed by atoms with Crippen LogP contribution in [0.5, 0.6) is 0 Å². The van der Waals surface area contributed by atoms with Crippen LogP contribution in [-0.2, 0) is 4.79 Å². The van der Waals surface area contributed by atoms with Crippen LogP contribution in [0.4, 0.5) is 4.39 Å². The van der Waals surface area contributed by atoms with Crippen LogP contribution in [-0.4, -0.2) is 22.4 Å². The Morgan fingerprint density at radius 2 is 2.00 bits per heavy atom. The summed E-state index contributed by atoms with van der Waals surface area (Å²) in [5.74, 6) is 0.796. The molecule has 1 spiro atoms. The fourth-order valence-electron chi connectivity index (χ4n) is 3.53. The van der Waals surface area contributed by atoms with Crippen LogP contribution < -0.4 is 5.32 Å². The molecular formula is C17H21FN2O. The molecule has 1 heterocycles. The number of rotatable bonds is 4. The van der Waals surface area contributed by atoms with Gasteiger partial charge in [-0.25, -0.2) is 4.39 Å². The summed E-state index contributed by atoms with van der Waals surface area (Å²) in [7, 11) is 0. The minimum atomic E-state index is -0.323. The molecule has 3 nitrogen and oxygen atoms in total. The summed E-state index contributed by atoms with van der Waals surface area (Å²) in [6.45, 7) is 2.15. The third-order valence-corrected chi connectivity index (χ3v) is 5.12. The molecule has 2 saturated carbocycles. The maximum atomic E-state index is 13.1. The van der Waals surface area contributed by atoms with E-state index in [0.29, 0.717) is 0 Å². The van der Waals surface area contributed by atoms with Gasteiger partial charge in [-0.3, -0.25) is 10.1 Å². The normalized spacial score (nSPS) is 28.2. The summed E-state index contributed by atoms with van der Waals surface area (Å²) in [5, 5.41) is 3.51. The molecular weight excluding hydrogens is 267 g/mol. The molecule has 0 aromatic heterocycles. The van der Waals surface area contributed by atoms with E-state index in [1.165, 1.54) is 25.0 Å². The number of benzene rings is 1. The van der Waals surface area contributed by atoms with Crippen molar-refractivity contribution in [3.63, 3.8) is 0 Å². The molecule has 21 heavy (non-hydrogen) atoms. The van der Waals surface area contributed by atoms with Crippen LogP contribution >= 0.6 is 0 Å². The first-order valence-corrected chi connectivity index (χ1v) is 7.95. The lowest BCUT2D eigenvalue weighted by Crippen LogP contribution is -2.39. The van der Waals surface area contributed by atoms with Crippen molar-refractivity contribution in [3.05, 3.63) is 35.6 Å². The molecule has 1 saturated heterocycles.